The van der Waals surface area contributed by atoms with Gasteiger partial charge in [0.1, 0.15) is 0 Å². The summed E-state index contributed by atoms with van der Waals surface area (Å²) in [6.07, 6.45) is 10.8. The summed E-state index contributed by atoms with van der Waals surface area (Å²) in [7, 11) is 2.25. The summed E-state index contributed by atoms with van der Waals surface area (Å²) in [5.74, 6) is 0.984. The maximum Gasteiger partial charge on any atom is 0.0312 e. The molecule has 1 aliphatic rings. The summed E-state index contributed by atoms with van der Waals surface area (Å²) in [6, 6.07) is 4.97. The molecule has 0 atom stereocenters. The zero-order chi connectivity index (χ0) is 16.1. The molecule has 0 bridgehead atoms. The predicted octanol–water partition coefficient (Wildman–Crippen LogP) is 5.53. The van der Waals surface area contributed by atoms with E-state index in [0.717, 1.165) is 18.5 Å². The van der Waals surface area contributed by atoms with Gasteiger partial charge in [0.25, 0.3) is 0 Å². The van der Waals surface area contributed by atoms with Gasteiger partial charge in [0.05, 0.1) is 0 Å². The van der Waals surface area contributed by atoms with E-state index in [2.05, 4.69) is 29.9 Å². The highest BCUT2D eigenvalue weighted by molar-refractivity contribution is 5.08. The molecular weight excluding hydrogens is 256 g/mol. The molecule has 0 radical (unpaired) electrons. The lowest BCUT2D eigenvalue weighted by molar-refractivity contribution is 0.157. The second-order valence-electron chi connectivity index (χ2n) is 5.36. The van der Waals surface area contributed by atoms with Gasteiger partial charge in [0.15, 0.2) is 0 Å². The Morgan fingerprint density at radius 1 is 1.10 bits per heavy atom. The molecule has 0 amide bonds. The third-order valence-electron chi connectivity index (χ3n) is 4.17. The summed E-state index contributed by atoms with van der Waals surface area (Å²) < 4.78 is 0. The van der Waals surface area contributed by atoms with Crippen molar-refractivity contribution in [3.8, 4) is 0 Å². The minimum atomic E-state index is 0.776. The van der Waals surface area contributed by atoms with Crippen molar-refractivity contribution >= 4 is 0 Å². The zero-order valence-corrected chi connectivity index (χ0v) is 15.1. The van der Waals surface area contributed by atoms with E-state index in [9.17, 15) is 0 Å². The Labute approximate surface area is 133 Å². The van der Waals surface area contributed by atoms with Crippen LogP contribution in [0.3, 0.4) is 0 Å². The standard InChI is InChI=1S/C15H24N2.2C2H6/c1-3-13-6-8-15(9-7-13)17(2)12-14-5-4-10-16-11-14;2*1-2/h4-5,10-11,13,15H,3,6-9,12H2,1-2H3;2*1-2H3. The second kappa shape index (κ2) is 12.8. The van der Waals surface area contributed by atoms with Crippen molar-refractivity contribution < 1.29 is 0 Å². The molecule has 21 heavy (non-hydrogen) atoms. The van der Waals surface area contributed by atoms with Crippen molar-refractivity contribution in [1.82, 2.24) is 9.88 Å². The largest absolute Gasteiger partial charge is 0.299 e. The fourth-order valence-electron chi connectivity index (χ4n) is 2.90. The van der Waals surface area contributed by atoms with Gasteiger partial charge in [-0.3, -0.25) is 9.88 Å². The molecule has 122 valence electrons. The van der Waals surface area contributed by atoms with Crippen molar-refractivity contribution in [3.63, 3.8) is 0 Å². The van der Waals surface area contributed by atoms with Crippen LogP contribution in [0.5, 0.6) is 0 Å². The van der Waals surface area contributed by atoms with Gasteiger partial charge >= 0.3 is 0 Å². The molecule has 2 nitrogen and oxygen atoms in total. The molecule has 1 aromatic rings. The quantitative estimate of drug-likeness (QED) is 0.725. The molecule has 0 unspecified atom stereocenters. The first kappa shape index (κ1) is 20.1. The fraction of sp³-hybridized carbons (Fsp3) is 0.737. The smallest absolute Gasteiger partial charge is 0.0312 e. The number of nitrogens with zero attached hydrogens (tertiary/aromatic N) is 2. The van der Waals surface area contributed by atoms with Crippen molar-refractivity contribution in [2.24, 2.45) is 5.92 Å². The second-order valence-corrected chi connectivity index (χ2v) is 5.36. The fourth-order valence-corrected chi connectivity index (χ4v) is 2.90. The third-order valence-corrected chi connectivity index (χ3v) is 4.17. The SMILES string of the molecule is CC.CC.CCC1CCC(N(C)Cc2cccnc2)CC1. The zero-order valence-electron chi connectivity index (χ0n) is 15.1. The first-order valence-electron chi connectivity index (χ1n) is 8.88. The van der Waals surface area contributed by atoms with Gasteiger partial charge < -0.3 is 0 Å². The molecule has 1 heterocycles. The first-order chi connectivity index (χ1) is 10.3. The van der Waals surface area contributed by atoms with Crippen LogP contribution in [0.1, 0.15) is 72.3 Å². The van der Waals surface area contributed by atoms with Gasteiger partial charge in [-0.05, 0) is 50.3 Å². The summed E-state index contributed by atoms with van der Waals surface area (Å²) in [5.41, 5.74) is 1.33. The Bertz CT molecular complexity index is 316. The molecule has 1 saturated carbocycles. The minimum Gasteiger partial charge on any atom is -0.299 e. The van der Waals surface area contributed by atoms with Gasteiger partial charge in [-0.15, -0.1) is 0 Å². The molecule has 1 fully saturated rings. The molecule has 0 N–H and O–H groups in total. The van der Waals surface area contributed by atoms with Crippen LogP contribution in [0.2, 0.25) is 0 Å². The van der Waals surface area contributed by atoms with Gasteiger partial charge in [0.2, 0.25) is 0 Å². The Kier molecular flexibility index (Phi) is 12.3. The highest BCUT2D eigenvalue weighted by atomic mass is 15.1. The van der Waals surface area contributed by atoms with Gasteiger partial charge in [-0.2, -0.15) is 0 Å². The molecule has 2 heteroatoms. The lowest BCUT2D eigenvalue weighted by Crippen LogP contribution is -2.34. The van der Waals surface area contributed by atoms with E-state index in [1.807, 2.05) is 46.2 Å². The Balaban J connectivity index is 0.000000921. The third kappa shape index (κ3) is 7.61. The van der Waals surface area contributed by atoms with Crippen molar-refractivity contribution in [2.45, 2.75) is 79.3 Å². The number of rotatable bonds is 4. The molecule has 0 saturated heterocycles. The van der Waals surface area contributed by atoms with Crippen LogP contribution < -0.4 is 0 Å². The van der Waals surface area contributed by atoms with E-state index in [4.69, 9.17) is 0 Å². The Morgan fingerprint density at radius 2 is 1.71 bits per heavy atom. The average Bonchev–Trinajstić information content (AvgIpc) is 2.59. The molecule has 0 aliphatic heterocycles. The van der Waals surface area contributed by atoms with E-state index in [-0.39, 0.29) is 0 Å². The Hall–Kier alpha value is -0.890. The molecule has 2 rings (SSSR count). The molecule has 1 aliphatic carbocycles. The van der Waals surface area contributed by atoms with Crippen LogP contribution in [-0.4, -0.2) is 23.0 Å². The molecular formula is C19H36N2. The van der Waals surface area contributed by atoms with Gasteiger partial charge in [-0.1, -0.05) is 47.1 Å². The molecule has 0 spiro atoms. The number of hydrogen-bond donors (Lipinski definition) is 0. The molecule has 1 aromatic heterocycles. The summed E-state index contributed by atoms with van der Waals surface area (Å²) in [5, 5.41) is 0. The number of pyridine rings is 1. The van der Waals surface area contributed by atoms with Crippen LogP contribution in [0.25, 0.3) is 0 Å². The summed E-state index contributed by atoms with van der Waals surface area (Å²) in [6.45, 7) is 11.4. The van der Waals surface area contributed by atoms with E-state index in [0.29, 0.717) is 0 Å². The van der Waals surface area contributed by atoms with E-state index in [1.165, 1.54) is 37.7 Å². The topological polar surface area (TPSA) is 16.1 Å². The molecule has 0 aromatic carbocycles. The predicted molar refractivity (Wildman–Crippen MR) is 94.4 cm³/mol. The summed E-state index contributed by atoms with van der Waals surface area (Å²) >= 11 is 0. The minimum absolute atomic E-state index is 0.776. The van der Waals surface area contributed by atoms with E-state index >= 15 is 0 Å². The lowest BCUT2D eigenvalue weighted by atomic mass is 9.84. The normalized spacial score (nSPS) is 20.9. The van der Waals surface area contributed by atoms with Crippen LogP contribution >= 0.6 is 0 Å². The van der Waals surface area contributed by atoms with Crippen LogP contribution in [0.15, 0.2) is 24.5 Å². The number of aromatic nitrogens is 1. The van der Waals surface area contributed by atoms with Crippen molar-refractivity contribution in [1.29, 1.82) is 0 Å². The van der Waals surface area contributed by atoms with E-state index < -0.39 is 0 Å². The monoisotopic (exact) mass is 292 g/mol. The highest BCUT2D eigenvalue weighted by Gasteiger charge is 2.22. The average molecular weight is 293 g/mol. The van der Waals surface area contributed by atoms with Crippen LogP contribution in [0.4, 0.5) is 0 Å². The van der Waals surface area contributed by atoms with E-state index in [1.54, 1.807) is 0 Å². The number of hydrogen-bond acceptors (Lipinski definition) is 2. The summed E-state index contributed by atoms with van der Waals surface area (Å²) in [4.78, 5) is 6.68. The maximum absolute atomic E-state index is 4.18. The van der Waals surface area contributed by atoms with Crippen molar-refractivity contribution in [3.05, 3.63) is 30.1 Å². The maximum atomic E-state index is 4.18. The highest BCUT2D eigenvalue weighted by Crippen LogP contribution is 2.29. The van der Waals surface area contributed by atoms with Gasteiger partial charge in [-0.25, -0.2) is 0 Å². The van der Waals surface area contributed by atoms with Gasteiger partial charge in [0, 0.05) is 25.0 Å². The van der Waals surface area contributed by atoms with Crippen LogP contribution in [-0.2, 0) is 6.54 Å². The lowest BCUT2D eigenvalue weighted by Gasteiger charge is -2.34. The van der Waals surface area contributed by atoms with Crippen LogP contribution in [0, 0.1) is 5.92 Å². The Morgan fingerprint density at radius 3 is 2.19 bits per heavy atom. The van der Waals surface area contributed by atoms with Crippen molar-refractivity contribution in [2.75, 3.05) is 7.05 Å². The first-order valence-corrected chi connectivity index (χ1v) is 8.88.